The average Bonchev–Trinajstić information content (AvgIpc) is 2.83. The number of aromatic carboxylic acids is 1. The molecule has 0 aliphatic rings. The van der Waals surface area contributed by atoms with E-state index in [4.69, 9.17) is 10.5 Å². The second-order valence-corrected chi connectivity index (χ2v) is 6.94. The average molecular weight is 415 g/mol. The summed E-state index contributed by atoms with van der Waals surface area (Å²) in [6, 6.07) is 26.4. The van der Waals surface area contributed by atoms with Crippen LogP contribution in [0.25, 0.3) is 22.2 Å². The summed E-state index contributed by atoms with van der Waals surface area (Å²) in [5.41, 5.74) is 8.98. The summed E-state index contributed by atoms with van der Waals surface area (Å²) in [4.78, 5) is 16.1. The molecule has 0 unspecified atom stereocenters. The third-order valence-corrected chi connectivity index (χ3v) is 4.65. The van der Waals surface area contributed by atoms with Crippen molar-refractivity contribution in [2.45, 2.75) is 19.9 Å². The van der Waals surface area contributed by atoms with E-state index in [9.17, 15) is 9.90 Å². The fourth-order valence-electron chi connectivity index (χ4n) is 3.06. The number of nitrogens with zero attached hydrogens (tertiary/aromatic N) is 1. The molecule has 1 heterocycles. The molecule has 3 N–H and O–H groups in total. The Morgan fingerprint density at radius 2 is 1.65 bits per heavy atom. The Balaban J connectivity index is 0.000000287. The molecule has 0 aliphatic heterocycles. The van der Waals surface area contributed by atoms with Crippen molar-refractivity contribution >= 4 is 16.9 Å². The van der Waals surface area contributed by atoms with Crippen molar-refractivity contribution < 1.29 is 14.6 Å². The molecular weight excluding hydrogens is 388 g/mol. The number of rotatable bonds is 6. The number of para-hydroxylation sites is 1. The molecule has 3 aromatic carbocycles. The molecule has 0 atom stereocenters. The molecule has 5 heteroatoms. The lowest BCUT2D eigenvalue weighted by atomic mass is 10.0. The van der Waals surface area contributed by atoms with Gasteiger partial charge in [0, 0.05) is 17.5 Å². The molecule has 0 saturated carbocycles. The largest absolute Gasteiger partial charge is 0.494 e. The molecule has 31 heavy (non-hydrogen) atoms. The standard InChI is InChI=1S/C19H17NO3.C7H9N/c1-2-11-23-14-9-7-13(8-10-14)18-12-16(19(21)22)15-5-3-4-6-17(15)20-18;8-6-7-4-2-1-3-5-7/h3-10,12H,2,11H2,1H3,(H,21,22);1-5H,6,8H2. The van der Waals surface area contributed by atoms with Crippen LogP contribution in [0.5, 0.6) is 5.75 Å². The number of carboxylic acid groups (broad SMARTS) is 1. The van der Waals surface area contributed by atoms with Crippen LogP contribution in [0.1, 0.15) is 29.3 Å². The number of fused-ring (bicyclic) bond motifs is 1. The summed E-state index contributed by atoms with van der Waals surface area (Å²) < 4.78 is 5.56. The third kappa shape index (κ3) is 5.90. The normalized spacial score (nSPS) is 10.3. The highest BCUT2D eigenvalue weighted by Gasteiger charge is 2.12. The van der Waals surface area contributed by atoms with Gasteiger partial charge in [-0.15, -0.1) is 0 Å². The Morgan fingerprint density at radius 1 is 0.968 bits per heavy atom. The molecule has 4 aromatic rings. The Bertz CT molecular complexity index is 1130. The summed E-state index contributed by atoms with van der Waals surface area (Å²) >= 11 is 0. The monoisotopic (exact) mass is 414 g/mol. The lowest BCUT2D eigenvalue weighted by Gasteiger charge is -2.08. The molecule has 0 saturated heterocycles. The number of aromatic nitrogens is 1. The fourth-order valence-corrected chi connectivity index (χ4v) is 3.06. The first kappa shape index (κ1) is 22.0. The van der Waals surface area contributed by atoms with Gasteiger partial charge in [-0.25, -0.2) is 9.78 Å². The highest BCUT2D eigenvalue weighted by molar-refractivity contribution is 6.03. The topological polar surface area (TPSA) is 85.4 Å². The smallest absolute Gasteiger partial charge is 0.336 e. The van der Waals surface area contributed by atoms with Crippen LogP contribution in [0, 0.1) is 0 Å². The number of benzene rings is 3. The van der Waals surface area contributed by atoms with Crippen LogP contribution in [-0.4, -0.2) is 22.7 Å². The van der Waals surface area contributed by atoms with Crippen LogP contribution in [0.15, 0.2) is 84.9 Å². The second kappa shape index (κ2) is 10.9. The Hall–Kier alpha value is -3.70. The van der Waals surface area contributed by atoms with E-state index >= 15 is 0 Å². The van der Waals surface area contributed by atoms with E-state index in [2.05, 4.69) is 11.9 Å². The van der Waals surface area contributed by atoms with Crippen molar-refractivity contribution in [1.82, 2.24) is 4.98 Å². The number of hydrogen-bond acceptors (Lipinski definition) is 4. The van der Waals surface area contributed by atoms with Gasteiger partial charge in [0.1, 0.15) is 5.75 Å². The summed E-state index contributed by atoms with van der Waals surface area (Å²) in [6.45, 7) is 3.37. The van der Waals surface area contributed by atoms with Crippen molar-refractivity contribution in [3.63, 3.8) is 0 Å². The third-order valence-electron chi connectivity index (χ3n) is 4.65. The van der Waals surface area contributed by atoms with E-state index in [1.807, 2.05) is 72.8 Å². The van der Waals surface area contributed by atoms with Gasteiger partial charge in [0.25, 0.3) is 0 Å². The van der Waals surface area contributed by atoms with Crippen molar-refractivity contribution in [2.24, 2.45) is 5.73 Å². The predicted molar refractivity (Wildman–Crippen MR) is 124 cm³/mol. The molecule has 0 amide bonds. The van der Waals surface area contributed by atoms with Crippen LogP contribution >= 0.6 is 0 Å². The number of carboxylic acids is 1. The van der Waals surface area contributed by atoms with Crippen LogP contribution in [0.2, 0.25) is 0 Å². The second-order valence-electron chi connectivity index (χ2n) is 6.94. The van der Waals surface area contributed by atoms with Gasteiger partial charge in [-0.05, 0) is 48.4 Å². The molecular formula is C26H26N2O3. The summed E-state index contributed by atoms with van der Waals surface area (Å²) in [6.07, 6.45) is 0.954. The fraction of sp³-hybridized carbons (Fsp3) is 0.154. The molecule has 1 aromatic heterocycles. The van der Waals surface area contributed by atoms with Gasteiger partial charge >= 0.3 is 5.97 Å². The molecule has 0 radical (unpaired) electrons. The molecule has 0 aliphatic carbocycles. The molecule has 0 spiro atoms. The van der Waals surface area contributed by atoms with E-state index in [0.29, 0.717) is 29.7 Å². The van der Waals surface area contributed by atoms with Crippen LogP contribution < -0.4 is 10.5 Å². The number of hydrogen-bond donors (Lipinski definition) is 2. The lowest BCUT2D eigenvalue weighted by molar-refractivity contribution is 0.0699. The van der Waals surface area contributed by atoms with E-state index in [1.165, 1.54) is 5.56 Å². The Kier molecular flexibility index (Phi) is 7.73. The zero-order chi connectivity index (χ0) is 22.1. The number of ether oxygens (including phenoxy) is 1. The Morgan fingerprint density at radius 3 is 2.26 bits per heavy atom. The number of nitrogens with two attached hydrogens (primary N) is 1. The SMILES string of the molecule is CCCOc1ccc(-c2cc(C(=O)O)c3ccccc3n2)cc1.NCc1ccccc1. The molecule has 0 fully saturated rings. The quantitative estimate of drug-likeness (QED) is 0.433. The van der Waals surface area contributed by atoms with Crippen LogP contribution in [0.4, 0.5) is 0 Å². The first-order valence-corrected chi connectivity index (χ1v) is 10.2. The molecule has 5 nitrogen and oxygen atoms in total. The summed E-state index contributed by atoms with van der Waals surface area (Å²) in [7, 11) is 0. The van der Waals surface area contributed by atoms with E-state index in [1.54, 1.807) is 12.1 Å². The lowest BCUT2D eigenvalue weighted by Crippen LogP contribution is -2.00. The van der Waals surface area contributed by atoms with Gasteiger partial charge in [-0.2, -0.15) is 0 Å². The van der Waals surface area contributed by atoms with Gasteiger partial charge in [0.2, 0.25) is 0 Å². The predicted octanol–water partition coefficient (Wildman–Crippen LogP) is 5.53. The molecule has 158 valence electrons. The molecule has 4 rings (SSSR count). The van der Waals surface area contributed by atoms with Crippen molar-refractivity contribution in [2.75, 3.05) is 6.61 Å². The zero-order valence-electron chi connectivity index (χ0n) is 17.5. The van der Waals surface area contributed by atoms with Crippen LogP contribution in [-0.2, 0) is 6.54 Å². The van der Waals surface area contributed by atoms with Gasteiger partial charge in [-0.1, -0.05) is 55.5 Å². The van der Waals surface area contributed by atoms with Gasteiger partial charge in [0.15, 0.2) is 0 Å². The van der Waals surface area contributed by atoms with Crippen LogP contribution in [0.3, 0.4) is 0 Å². The van der Waals surface area contributed by atoms with Gasteiger partial charge in [0.05, 0.1) is 23.4 Å². The van der Waals surface area contributed by atoms with E-state index in [0.717, 1.165) is 17.7 Å². The number of pyridine rings is 1. The minimum atomic E-state index is -0.951. The zero-order valence-corrected chi connectivity index (χ0v) is 17.5. The van der Waals surface area contributed by atoms with Gasteiger partial charge in [-0.3, -0.25) is 0 Å². The first-order valence-electron chi connectivity index (χ1n) is 10.2. The molecule has 0 bridgehead atoms. The van der Waals surface area contributed by atoms with Crippen molar-refractivity contribution in [3.8, 4) is 17.0 Å². The Labute approximate surface area is 182 Å². The maximum atomic E-state index is 11.5. The van der Waals surface area contributed by atoms with Gasteiger partial charge < -0.3 is 15.6 Å². The highest BCUT2D eigenvalue weighted by atomic mass is 16.5. The van der Waals surface area contributed by atoms with Crippen molar-refractivity contribution in [3.05, 3.63) is 96.1 Å². The highest BCUT2D eigenvalue weighted by Crippen LogP contribution is 2.26. The maximum absolute atomic E-state index is 11.5. The van der Waals surface area contributed by atoms with E-state index < -0.39 is 5.97 Å². The minimum absolute atomic E-state index is 0.261. The minimum Gasteiger partial charge on any atom is -0.494 e. The first-order chi connectivity index (χ1) is 15.1. The maximum Gasteiger partial charge on any atom is 0.336 e. The summed E-state index contributed by atoms with van der Waals surface area (Å²) in [5.74, 6) is -0.150. The van der Waals surface area contributed by atoms with Crippen molar-refractivity contribution in [1.29, 1.82) is 0 Å². The number of carbonyl (C=O) groups is 1. The van der Waals surface area contributed by atoms with E-state index in [-0.39, 0.29) is 5.56 Å². The summed E-state index contributed by atoms with van der Waals surface area (Å²) in [5, 5.41) is 10.1.